The summed E-state index contributed by atoms with van der Waals surface area (Å²) in [5.74, 6) is -0.748. The van der Waals surface area contributed by atoms with Crippen LogP contribution in [0.4, 0.5) is 4.39 Å². The van der Waals surface area contributed by atoms with Crippen molar-refractivity contribution in [1.82, 2.24) is 9.80 Å². The molecule has 6 nitrogen and oxygen atoms in total. The lowest BCUT2D eigenvalue weighted by Gasteiger charge is -2.35. The molecule has 2 heterocycles. The van der Waals surface area contributed by atoms with Gasteiger partial charge < -0.3 is 14.5 Å². The van der Waals surface area contributed by atoms with Crippen LogP contribution in [0.15, 0.2) is 42.5 Å². The molecule has 0 bridgehead atoms. The Morgan fingerprint density at radius 2 is 1.65 bits per heavy atom. The first-order valence-corrected chi connectivity index (χ1v) is 10.4. The minimum atomic E-state index is -0.604. The summed E-state index contributed by atoms with van der Waals surface area (Å²) in [6.45, 7) is 1.71. The van der Waals surface area contributed by atoms with Gasteiger partial charge in [0.05, 0.1) is 11.1 Å². The van der Waals surface area contributed by atoms with Crippen LogP contribution in [0.25, 0.3) is 11.8 Å². The van der Waals surface area contributed by atoms with Gasteiger partial charge in [0.1, 0.15) is 11.6 Å². The zero-order valence-corrected chi connectivity index (χ0v) is 16.8. The average molecular weight is 420 g/mol. The van der Waals surface area contributed by atoms with E-state index in [9.17, 15) is 18.8 Å². The number of amides is 2. The van der Waals surface area contributed by atoms with Crippen molar-refractivity contribution in [3.8, 4) is 0 Å². The molecule has 2 aromatic rings. The minimum Gasteiger partial charge on any atom is -0.422 e. The molecular weight excluding hydrogens is 399 g/mol. The fourth-order valence-corrected chi connectivity index (χ4v) is 4.03. The number of esters is 1. The molecule has 2 aliphatic heterocycles. The normalized spacial score (nSPS) is 19.4. The summed E-state index contributed by atoms with van der Waals surface area (Å²) >= 11 is 0. The number of hydrogen-bond acceptors (Lipinski definition) is 4. The van der Waals surface area contributed by atoms with Crippen molar-refractivity contribution >= 4 is 29.6 Å². The van der Waals surface area contributed by atoms with Gasteiger partial charge in [-0.15, -0.1) is 0 Å². The first kappa shape index (κ1) is 19.5. The van der Waals surface area contributed by atoms with Crippen LogP contribution < -0.4 is 0 Å². The first-order chi connectivity index (χ1) is 15.0. The number of benzene rings is 2. The van der Waals surface area contributed by atoms with Gasteiger partial charge in [0.2, 0.25) is 5.91 Å². The van der Waals surface area contributed by atoms with E-state index >= 15 is 0 Å². The molecule has 1 saturated heterocycles. The predicted octanol–water partition coefficient (Wildman–Crippen LogP) is 3.19. The highest BCUT2D eigenvalue weighted by molar-refractivity contribution is 6.06. The molecule has 0 aromatic heterocycles. The Hall–Kier alpha value is -3.48. The second-order valence-electron chi connectivity index (χ2n) is 8.07. The lowest BCUT2D eigenvalue weighted by atomic mass is 10.0. The van der Waals surface area contributed by atoms with Gasteiger partial charge in [-0.05, 0) is 42.7 Å². The second kappa shape index (κ2) is 7.65. The molecule has 2 fully saturated rings. The monoisotopic (exact) mass is 420 g/mol. The third kappa shape index (κ3) is 3.71. The zero-order valence-electron chi connectivity index (χ0n) is 16.8. The molecule has 158 valence electrons. The van der Waals surface area contributed by atoms with Crippen LogP contribution >= 0.6 is 0 Å². The van der Waals surface area contributed by atoms with E-state index in [1.54, 1.807) is 40.1 Å². The maximum Gasteiger partial charge on any atom is 0.344 e. The highest BCUT2D eigenvalue weighted by Gasteiger charge is 2.35. The standard InChI is InChI=1S/C24H21FN2O4/c25-20-8-5-15(14-21-17-3-1-2-4-18(17)24(30)31-21)13-19(20)23(29)27-11-9-26(10-12-27)22(28)16-6-7-16/h1-5,8,13-14,16H,6-7,9-12H2/b21-14+. The number of carbonyl (C=O) groups is 3. The Balaban J connectivity index is 1.34. The summed E-state index contributed by atoms with van der Waals surface area (Å²) in [6.07, 6.45) is 3.53. The van der Waals surface area contributed by atoms with Crippen LogP contribution in [0.3, 0.4) is 0 Å². The smallest absolute Gasteiger partial charge is 0.344 e. The van der Waals surface area contributed by atoms with Gasteiger partial charge in [0.15, 0.2) is 0 Å². The van der Waals surface area contributed by atoms with Gasteiger partial charge in [0.25, 0.3) is 5.91 Å². The molecule has 1 saturated carbocycles. The predicted molar refractivity (Wildman–Crippen MR) is 111 cm³/mol. The van der Waals surface area contributed by atoms with E-state index in [1.807, 2.05) is 6.07 Å². The zero-order chi connectivity index (χ0) is 21.5. The molecule has 3 aliphatic rings. The number of ether oxygens (including phenoxy) is 1. The third-order valence-electron chi connectivity index (χ3n) is 5.94. The fourth-order valence-electron chi connectivity index (χ4n) is 4.03. The van der Waals surface area contributed by atoms with E-state index < -0.39 is 17.7 Å². The van der Waals surface area contributed by atoms with E-state index in [-0.39, 0.29) is 17.4 Å². The van der Waals surface area contributed by atoms with Crippen LogP contribution in [0.2, 0.25) is 0 Å². The number of rotatable bonds is 3. The molecule has 1 aliphatic carbocycles. The highest BCUT2D eigenvalue weighted by Crippen LogP contribution is 2.32. The fraction of sp³-hybridized carbons (Fsp3) is 0.292. The van der Waals surface area contributed by atoms with Crippen molar-refractivity contribution in [3.05, 3.63) is 70.5 Å². The van der Waals surface area contributed by atoms with Gasteiger partial charge in [-0.25, -0.2) is 9.18 Å². The van der Waals surface area contributed by atoms with Crippen LogP contribution in [0.5, 0.6) is 0 Å². The molecule has 2 amide bonds. The summed E-state index contributed by atoms with van der Waals surface area (Å²) in [4.78, 5) is 40.5. The maximum absolute atomic E-state index is 14.5. The van der Waals surface area contributed by atoms with E-state index in [1.165, 1.54) is 12.1 Å². The number of fused-ring (bicyclic) bond motifs is 1. The largest absolute Gasteiger partial charge is 0.422 e. The van der Waals surface area contributed by atoms with E-state index in [0.29, 0.717) is 48.6 Å². The number of piperazine rings is 1. The van der Waals surface area contributed by atoms with Crippen LogP contribution in [0, 0.1) is 11.7 Å². The topological polar surface area (TPSA) is 66.9 Å². The van der Waals surface area contributed by atoms with Gasteiger partial charge in [-0.2, -0.15) is 0 Å². The minimum absolute atomic E-state index is 0.0334. The Morgan fingerprint density at radius 1 is 0.968 bits per heavy atom. The molecular formula is C24H21FN2O4. The second-order valence-corrected chi connectivity index (χ2v) is 8.07. The lowest BCUT2D eigenvalue weighted by molar-refractivity contribution is -0.134. The number of nitrogens with zero attached hydrogens (tertiary/aromatic N) is 2. The molecule has 2 aromatic carbocycles. The quantitative estimate of drug-likeness (QED) is 0.716. The number of cyclic esters (lactones) is 1. The van der Waals surface area contributed by atoms with Crippen molar-refractivity contribution in [3.63, 3.8) is 0 Å². The molecule has 0 radical (unpaired) electrons. The lowest BCUT2D eigenvalue weighted by Crippen LogP contribution is -2.51. The Morgan fingerprint density at radius 3 is 2.35 bits per heavy atom. The van der Waals surface area contributed by atoms with Crippen molar-refractivity contribution in [1.29, 1.82) is 0 Å². The first-order valence-electron chi connectivity index (χ1n) is 10.4. The molecule has 0 unspecified atom stereocenters. The molecule has 31 heavy (non-hydrogen) atoms. The Labute approximate surface area is 178 Å². The molecule has 7 heteroatoms. The summed E-state index contributed by atoms with van der Waals surface area (Å²) in [5, 5.41) is 0. The molecule has 0 N–H and O–H groups in total. The van der Waals surface area contributed by atoms with Crippen LogP contribution in [-0.4, -0.2) is 53.8 Å². The van der Waals surface area contributed by atoms with Crippen molar-refractivity contribution in [2.24, 2.45) is 5.92 Å². The van der Waals surface area contributed by atoms with Gasteiger partial charge in [0, 0.05) is 37.7 Å². The van der Waals surface area contributed by atoms with E-state index in [2.05, 4.69) is 0 Å². The summed E-state index contributed by atoms with van der Waals surface area (Å²) in [6, 6.07) is 11.3. The van der Waals surface area contributed by atoms with Gasteiger partial charge in [-0.1, -0.05) is 24.3 Å². The van der Waals surface area contributed by atoms with E-state index in [4.69, 9.17) is 4.74 Å². The van der Waals surface area contributed by atoms with Crippen molar-refractivity contribution in [2.45, 2.75) is 12.8 Å². The third-order valence-corrected chi connectivity index (χ3v) is 5.94. The number of carbonyl (C=O) groups excluding carboxylic acids is 3. The number of hydrogen-bond donors (Lipinski definition) is 0. The summed E-state index contributed by atoms with van der Waals surface area (Å²) < 4.78 is 19.8. The summed E-state index contributed by atoms with van der Waals surface area (Å²) in [7, 11) is 0. The molecule has 0 spiro atoms. The Kier molecular flexibility index (Phi) is 4.81. The van der Waals surface area contributed by atoms with E-state index in [0.717, 1.165) is 12.8 Å². The van der Waals surface area contributed by atoms with Crippen LogP contribution in [0.1, 0.15) is 44.7 Å². The maximum atomic E-state index is 14.5. The highest BCUT2D eigenvalue weighted by atomic mass is 19.1. The van der Waals surface area contributed by atoms with Gasteiger partial charge in [-0.3, -0.25) is 9.59 Å². The SMILES string of the molecule is O=C1O/C(=C/c2ccc(F)c(C(=O)N3CCN(C(=O)C4CC4)CC3)c2)c2ccccc21. The Bertz CT molecular complexity index is 1110. The summed E-state index contributed by atoms with van der Waals surface area (Å²) in [5.41, 5.74) is 1.67. The number of halogens is 1. The molecule has 0 atom stereocenters. The van der Waals surface area contributed by atoms with Gasteiger partial charge >= 0.3 is 5.97 Å². The van der Waals surface area contributed by atoms with Crippen LogP contribution in [-0.2, 0) is 9.53 Å². The van der Waals surface area contributed by atoms with Crippen molar-refractivity contribution in [2.75, 3.05) is 26.2 Å². The average Bonchev–Trinajstić information content (AvgIpc) is 3.60. The molecule has 5 rings (SSSR count). The van der Waals surface area contributed by atoms with Crippen molar-refractivity contribution < 1.29 is 23.5 Å².